The van der Waals surface area contributed by atoms with Crippen molar-refractivity contribution in [2.75, 3.05) is 0 Å². The molecular weight excluding hydrogens is 286 g/mol. The van der Waals surface area contributed by atoms with E-state index in [-0.39, 0.29) is 6.04 Å². The van der Waals surface area contributed by atoms with Crippen LogP contribution in [0, 0.1) is 10.8 Å². The average Bonchev–Trinajstić information content (AvgIpc) is 2.90. The molecular formula is C16H14ClN3O. The summed E-state index contributed by atoms with van der Waals surface area (Å²) in [5, 5.41) is 3.97. The SMILES string of the molecule is O=NC1c2c([nH]c3c2CCc2cnc(Cl)cc2-3)C2CCC21. The van der Waals surface area contributed by atoms with Crippen LogP contribution in [-0.4, -0.2) is 9.97 Å². The van der Waals surface area contributed by atoms with Crippen LogP contribution in [0.5, 0.6) is 0 Å². The molecule has 5 heteroatoms. The number of pyridine rings is 1. The molecule has 0 amide bonds. The van der Waals surface area contributed by atoms with Gasteiger partial charge in [0.25, 0.3) is 0 Å². The lowest BCUT2D eigenvalue weighted by Gasteiger charge is -2.32. The molecule has 0 aliphatic heterocycles. The van der Waals surface area contributed by atoms with E-state index in [4.69, 9.17) is 11.6 Å². The van der Waals surface area contributed by atoms with E-state index < -0.39 is 0 Å². The van der Waals surface area contributed by atoms with Gasteiger partial charge in [-0.05, 0) is 48.8 Å². The van der Waals surface area contributed by atoms with Crippen LogP contribution in [0.3, 0.4) is 0 Å². The summed E-state index contributed by atoms with van der Waals surface area (Å²) in [6.07, 6.45) is 6.09. The molecule has 2 aromatic heterocycles. The van der Waals surface area contributed by atoms with Gasteiger partial charge in [-0.25, -0.2) is 4.98 Å². The molecule has 4 nitrogen and oxygen atoms in total. The van der Waals surface area contributed by atoms with Gasteiger partial charge in [0.15, 0.2) is 0 Å². The lowest BCUT2D eigenvalue weighted by Crippen LogP contribution is -2.22. The Balaban J connectivity index is 1.75. The van der Waals surface area contributed by atoms with Crippen LogP contribution in [0.1, 0.15) is 47.2 Å². The van der Waals surface area contributed by atoms with Crippen molar-refractivity contribution < 1.29 is 0 Å². The third-order valence-electron chi connectivity index (χ3n) is 5.56. The summed E-state index contributed by atoms with van der Waals surface area (Å²) in [5.41, 5.74) is 7.27. The largest absolute Gasteiger partial charge is 0.358 e. The first-order chi connectivity index (χ1) is 10.3. The van der Waals surface area contributed by atoms with Gasteiger partial charge in [0.2, 0.25) is 0 Å². The van der Waals surface area contributed by atoms with Gasteiger partial charge >= 0.3 is 0 Å². The molecule has 1 N–H and O–H groups in total. The van der Waals surface area contributed by atoms with Crippen molar-refractivity contribution in [3.63, 3.8) is 0 Å². The molecule has 0 aromatic carbocycles. The first-order valence-corrected chi connectivity index (χ1v) is 7.87. The highest BCUT2D eigenvalue weighted by Gasteiger charge is 2.50. The zero-order chi connectivity index (χ0) is 14.1. The molecule has 106 valence electrons. The Morgan fingerprint density at radius 2 is 2.24 bits per heavy atom. The Kier molecular flexibility index (Phi) is 2.24. The number of fused-ring (bicyclic) bond motifs is 7. The van der Waals surface area contributed by atoms with E-state index in [1.165, 1.54) is 28.8 Å². The van der Waals surface area contributed by atoms with Crippen molar-refractivity contribution in [2.45, 2.75) is 37.6 Å². The number of aromatic nitrogens is 2. The van der Waals surface area contributed by atoms with E-state index in [0.717, 1.165) is 30.5 Å². The lowest BCUT2D eigenvalue weighted by molar-refractivity contribution is 0.239. The number of nitroso groups, excluding NO2 is 1. The van der Waals surface area contributed by atoms with Crippen LogP contribution < -0.4 is 0 Å². The van der Waals surface area contributed by atoms with Gasteiger partial charge in [0.05, 0.1) is 0 Å². The predicted octanol–water partition coefficient (Wildman–Crippen LogP) is 4.14. The molecule has 1 fully saturated rings. The predicted molar refractivity (Wildman–Crippen MR) is 80.4 cm³/mol. The van der Waals surface area contributed by atoms with Crippen LogP contribution in [-0.2, 0) is 12.8 Å². The maximum Gasteiger partial charge on any atom is 0.129 e. The van der Waals surface area contributed by atoms with Crippen LogP contribution in [0.4, 0.5) is 0 Å². The minimum absolute atomic E-state index is 0.141. The lowest BCUT2D eigenvalue weighted by atomic mass is 9.73. The normalized spacial score (nSPS) is 28.1. The molecule has 0 spiro atoms. The fourth-order valence-corrected chi connectivity index (χ4v) is 4.61. The molecule has 2 aromatic rings. The summed E-state index contributed by atoms with van der Waals surface area (Å²) in [6, 6.07) is 1.79. The number of nitrogens with zero attached hydrogens (tertiary/aromatic N) is 2. The van der Waals surface area contributed by atoms with Crippen molar-refractivity contribution in [2.24, 2.45) is 11.1 Å². The van der Waals surface area contributed by atoms with E-state index in [9.17, 15) is 4.91 Å². The van der Waals surface area contributed by atoms with Gasteiger partial charge in [-0.3, -0.25) is 0 Å². The van der Waals surface area contributed by atoms with Crippen LogP contribution in [0.2, 0.25) is 5.15 Å². The number of aromatic amines is 1. The zero-order valence-electron chi connectivity index (χ0n) is 11.4. The molecule has 2 heterocycles. The number of hydrogen-bond donors (Lipinski definition) is 1. The van der Waals surface area contributed by atoms with E-state index in [0.29, 0.717) is 17.0 Å². The van der Waals surface area contributed by atoms with Gasteiger partial charge in [0, 0.05) is 34.6 Å². The Hall–Kier alpha value is -1.68. The van der Waals surface area contributed by atoms with Crippen molar-refractivity contribution in [1.29, 1.82) is 0 Å². The quantitative estimate of drug-likeness (QED) is 0.635. The molecule has 3 aliphatic rings. The summed E-state index contributed by atoms with van der Waals surface area (Å²) in [6.45, 7) is 0. The summed E-state index contributed by atoms with van der Waals surface area (Å²) in [5.74, 6) is 0.950. The fourth-order valence-electron chi connectivity index (χ4n) is 4.45. The van der Waals surface area contributed by atoms with E-state index >= 15 is 0 Å². The molecule has 3 unspecified atom stereocenters. The molecule has 3 atom stereocenters. The minimum Gasteiger partial charge on any atom is -0.358 e. The molecule has 0 bridgehead atoms. The minimum atomic E-state index is -0.141. The second-order valence-corrected chi connectivity index (χ2v) is 6.76. The second-order valence-electron chi connectivity index (χ2n) is 6.37. The number of H-pyrrole nitrogens is 1. The van der Waals surface area contributed by atoms with Crippen molar-refractivity contribution in [1.82, 2.24) is 9.97 Å². The third kappa shape index (κ3) is 1.39. The average molecular weight is 300 g/mol. The van der Waals surface area contributed by atoms with E-state index in [1.807, 2.05) is 12.3 Å². The highest BCUT2D eigenvalue weighted by atomic mass is 35.5. The second kappa shape index (κ2) is 3.95. The van der Waals surface area contributed by atoms with Crippen LogP contribution >= 0.6 is 11.6 Å². The molecule has 21 heavy (non-hydrogen) atoms. The van der Waals surface area contributed by atoms with Gasteiger partial charge in [0.1, 0.15) is 11.2 Å². The maximum atomic E-state index is 11.3. The number of nitrogens with one attached hydrogen (secondary N) is 1. The Morgan fingerprint density at radius 3 is 3.00 bits per heavy atom. The summed E-state index contributed by atoms with van der Waals surface area (Å²) >= 11 is 6.06. The first kappa shape index (κ1) is 11.9. The summed E-state index contributed by atoms with van der Waals surface area (Å²) in [4.78, 5) is 19.1. The Morgan fingerprint density at radius 1 is 1.33 bits per heavy atom. The highest BCUT2D eigenvalue weighted by molar-refractivity contribution is 6.29. The van der Waals surface area contributed by atoms with Crippen molar-refractivity contribution in [3.05, 3.63) is 44.7 Å². The molecule has 0 saturated heterocycles. The standard InChI is InChI=1S/C16H14ClN3O/c17-12-5-11-7(6-18-12)1-2-10-13-15(19-14(10)11)8-3-4-9(8)16(13)20-21/h5-6,8-9,16,19H,1-4H2. The number of hydrogen-bond acceptors (Lipinski definition) is 3. The fraction of sp³-hybridized carbons (Fsp3) is 0.438. The molecule has 5 rings (SSSR count). The smallest absolute Gasteiger partial charge is 0.129 e. The Bertz CT molecular complexity index is 782. The highest BCUT2D eigenvalue weighted by Crippen LogP contribution is 2.60. The van der Waals surface area contributed by atoms with Gasteiger partial charge in [-0.15, -0.1) is 0 Å². The topological polar surface area (TPSA) is 58.1 Å². The maximum absolute atomic E-state index is 11.3. The number of halogens is 1. The summed E-state index contributed by atoms with van der Waals surface area (Å²) in [7, 11) is 0. The molecule has 3 aliphatic carbocycles. The third-order valence-corrected chi connectivity index (χ3v) is 5.76. The van der Waals surface area contributed by atoms with E-state index in [2.05, 4.69) is 15.1 Å². The number of rotatable bonds is 1. The first-order valence-electron chi connectivity index (χ1n) is 7.50. The summed E-state index contributed by atoms with van der Waals surface area (Å²) < 4.78 is 0. The van der Waals surface area contributed by atoms with E-state index in [1.54, 1.807) is 0 Å². The zero-order valence-corrected chi connectivity index (χ0v) is 12.2. The monoisotopic (exact) mass is 299 g/mol. The van der Waals surface area contributed by atoms with Gasteiger partial charge in [-0.2, -0.15) is 4.91 Å². The van der Waals surface area contributed by atoms with Crippen LogP contribution in [0.25, 0.3) is 11.3 Å². The van der Waals surface area contributed by atoms with Gasteiger partial charge < -0.3 is 4.98 Å². The molecule has 1 saturated carbocycles. The van der Waals surface area contributed by atoms with Crippen molar-refractivity contribution in [3.8, 4) is 11.3 Å². The number of aryl methyl sites for hydroxylation is 1. The Labute approximate surface area is 126 Å². The molecule has 0 radical (unpaired) electrons. The van der Waals surface area contributed by atoms with Gasteiger partial charge in [-0.1, -0.05) is 16.8 Å². The van der Waals surface area contributed by atoms with Crippen LogP contribution in [0.15, 0.2) is 17.4 Å². The van der Waals surface area contributed by atoms with Crippen molar-refractivity contribution >= 4 is 11.6 Å².